The maximum Gasteiger partial charge on any atom is 0.273 e. The van der Waals surface area contributed by atoms with E-state index < -0.39 is 0 Å². The first-order valence-corrected chi connectivity index (χ1v) is 8.24. The monoisotopic (exact) mass is 304 g/mol. The summed E-state index contributed by atoms with van der Waals surface area (Å²) in [6.07, 6.45) is 5.90. The molecule has 21 heavy (non-hydrogen) atoms. The molecule has 0 unspecified atom stereocenters. The van der Waals surface area contributed by atoms with Crippen molar-refractivity contribution in [3.63, 3.8) is 0 Å². The topological polar surface area (TPSA) is 51.1 Å². The molecule has 0 radical (unpaired) electrons. The predicted octanol–water partition coefficient (Wildman–Crippen LogP) is 3.10. The number of nitrogens with zero attached hydrogens (tertiary/aromatic N) is 4. The first-order valence-electron chi connectivity index (χ1n) is 7.36. The highest BCUT2D eigenvalue weighted by Crippen LogP contribution is 2.23. The third kappa shape index (κ3) is 3.50. The van der Waals surface area contributed by atoms with E-state index in [9.17, 15) is 0 Å². The van der Waals surface area contributed by atoms with Gasteiger partial charge >= 0.3 is 0 Å². The van der Waals surface area contributed by atoms with E-state index in [-0.39, 0.29) is 6.10 Å². The van der Waals surface area contributed by atoms with Gasteiger partial charge in [-0.25, -0.2) is 15.0 Å². The maximum absolute atomic E-state index is 5.89. The Morgan fingerprint density at radius 1 is 1.24 bits per heavy atom. The van der Waals surface area contributed by atoms with Crippen LogP contribution in [0.25, 0.3) is 0 Å². The summed E-state index contributed by atoms with van der Waals surface area (Å²) >= 11 is 1.55. The molecule has 2 aromatic heterocycles. The minimum atomic E-state index is 0.263. The quantitative estimate of drug-likeness (QED) is 0.868. The van der Waals surface area contributed by atoms with E-state index in [4.69, 9.17) is 4.74 Å². The van der Waals surface area contributed by atoms with Crippen molar-refractivity contribution < 1.29 is 4.74 Å². The summed E-state index contributed by atoms with van der Waals surface area (Å²) in [7, 11) is 0. The summed E-state index contributed by atoms with van der Waals surface area (Å²) < 4.78 is 5.89. The first-order chi connectivity index (χ1) is 10.2. The van der Waals surface area contributed by atoms with E-state index in [1.807, 2.05) is 17.6 Å². The van der Waals surface area contributed by atoms with Crippen molar-refractivity contribution in [2.45, 2.75) is 38.7 Å². The van der Waals surface area contributed by atoms with Crippen LogP contribution in [0.3, 0.4) is 0 Å². The second-order valence-electron chi connectivity index (χ2n) is 5.53. The molecular formula is C15H20N4OS. The second-order valence-corrected chi connectivity index (χ2v) is 6.39. The Morgan fingerprint density at radius 2 is 2.05 bits per heavy atom. The van der Waals surface area contributed by atoms with Crippen molar-refractivity contribution in [3.05, 3.63) is 29.7 Å². The van der Waals surface area contributed by atoms with Crippen LogP contribution in [0.2, 0.25) is 0 Å². The van der Waals surface area contributed by atoms with Gasteiger partial charge in [0.05, 0.1) is 0 Å². The zero-order valence-electron chi connectivity index (χ0n) is 12.4. The van der Waals surface area contributed by atoms with Gasteiger partial charge in [-0.3, -0.25) is 0 Å². The molecule has 1 fully saturated rings. The highest BCUT2D eigenvalue weighted by Gasteiger charge is 2.22. The smallest absolute Gasteiger partial charge is 0.273 e. The average molecular weight is 304 g/mol. The highest BCUT2D eigenvalue weighted by atomic mass is 32.1. The SMILES string of the molecule is CC(C)c1nccc(N2CCC(Oc3nccs3)CC2)n1. The van der Waals surface area contributed by atoms with Gasteiger partial charge in [-0.05, 0) is 6.07 Å². The lowest BCUT2D eigenvalue weighted by atomic mass is 10.1. The third-order valence-electron chi connectivity index (χ3n) is 3.62. The molecule has 0 bridgehead atoms. The van der Waals surface area contributed by atoms with Gasteiger partial charge in [0.1, 0.15) is 17.7 Å². The predicted molar refractivity (Wildman–Crippen MR) is 84.1 cm³/mol. The Morgan fingerprint density at radius 3 is 2.71 bits per heavy atom. The van der Waals surface area contributed by atoms with Gasteiger partial charge in [-0.1, -0.05) is 25.2 Å². The Balaban J connectivity index is 1.59. The molecule has 1 aliphatic rings. The Bertz CT molecular complexity index is 565. The molecule has 2 aromatic rings. The molecule has 0 aromatic carbocycles. The number of piperidine rings is 1. The van der Waals surface area contributed by atoms with Gasteiger partial charge in [0.15, 0.2) is 0 Å². The van der Waals surface area contributed by atoms with Crippen molar-refractivity contribution in [2.24, 2.45) is 0 Å². The van der Waals surface area contributed by atoms with E-state index in [0.717, 1.165) is 42.8 Å². The molecule has 3 rings (SSSR count). The number of ether oxygens (including phenoxy) is 1. The molecule has 0 saturated carbocycles. The summed E-state index contributed by atoms with van der Waals surface area (Å²) in [5.74, 6) is 2.30. The minimum absolute atomic E-state index is 0.263. The van der Waals surface area contributed by atoms with E-state index in [0.29, 0.717) is 5.92 Å². The summed E-state index contributed by atoms with van der Waals surface area (Å²) in [6.45, 7) is 6.16. The van der Waals surface area contributed by atoms with Crippen LogP contribution in [0.4, 0.5) is 5.82 Å². The highest BCUT2D eigenvalue weighted by molar-refractivity contribution is 7.11. The third-order valence-corrected chi connectivity index (χ3v) is 4.28. The second kappa shape index (κ2) is 6.39. The fourth-order valence-electron chi connectivity index (χ4n) is 2.43. The number of hydrogen-bond acceptors (Lipinski definition) is 6. The van der Waals surface area contributed by atoms with Crippen molar-refractivity contribution in [3.8, 4) is 5.19 Å². The van der Waals surface area contributed by atoms with Crippen LogP contribution in [0, 0.1) is 0 Å². The van der Waals surface area contributed by atoms with E-state index in [1.54, 1.807) is 17.5 Å². The van der Waals surface area contributed by atoms with Gasteiger partial charge in [0.2, 0.25) is 0 Å². The van der Waals surface area contributed by atoms with Crippen LogP contribution < -0.4 is 9.64 Å². The van der Waals surface area contributed by atoms with Gasteiger partial charge in [-0.2, -0.15) is 0 Å². The Hall–Kier alpha value is -1.69. The molecule has 0 atom stereocenters. The Kier molecular flexibility index (Phi) is 4.34. The lowest BCUT2D eigenvalue weighted by molar-refractivity contribution is 0.170. The summed E-state index contributed by atoms with van der Waals surface area (Å²) in [4.78, 5) is 15.5. The zero-order valence-corrected chi connectivity index (χ0v) is 13.2. The largest absolute Gasteiger partial charge is 0.467 e. The van der Waals surface area contributed by atoms with Crippen LogP contribution in [0.1, 0.15) is 38.4 Å². The normalized spacial score (nSPS) is 16.4. The van der Waals surface area contributed by atoms with Crippen LogP contribution >= 0.6 is 11.3 Å². The van der Waals surface area contributed by atoms with Crippen LogP contribution in [0.5, 0.6) is 5.19 Å². The van der Waals surface area contributed by atoms with E-state index in [1.165, 1.54) is 0 Å². The van der Waals surface area contributed by atoms with Crippen LogP contribution in [-0.4, -0.2) is 34.1 Å². The van der Waals surface area contributed by atoms with Gasteiger partial charge < -0.3 is 9.64 Å². The van der Waals surface area contributed by atoms with E-state index in [2.05, 4.69) is 33.7 Å². The number of aromatic nitrogens is 3. The summed E-state index contributed by atoms with van der Waals surface area (Å²) in [5, 5.41) is 2.72. The average Bonchev–Trinajstić information content (AvgIpc) is 3.01. The van der Waals surface area contributed by atoms with Crippen molar-refractivity contribution in [1.29, 1.82) is 0 Å². The fourth-order valence-corrected chi connectivity index (χ4v) is 2.98. The van der Waals surface area contributed by atoms with Crippen molar-refractivity contribution >= 4 is 17.2 Å². The van der Waals surface area contributed by atoms with Gasteiger partial charge in [0.25, 0.3) is 5.19 Å². The minimum Gasteiger partial charge on any atom is -0.467 e. The van der Waals surface area contributed by atoms with Crippen LogP contribution in [0.15, 0.2) is 23.8 Å². The molecule has 0 N–H and O–H groups in total. The first kappa shape index (κ1) is 14.3. The number of hydrogen-bond donors (Lipinski definition) is 0. The molecule has 3 heterocycles. The number of rotatable bonds is 4. The number of anilines is 1. The molecule has 112 valence electrons. The Labute approximate surface area is 129 Å². The van der Waals surface area contributed by atoms with Crippen LogP contribution in [-0.2, 0) is 0 Å². The molecule has 0 aliphatic carbocycles. The van der Waals surface area contributed by atoms with Gasteiger partial charge in [-0.15, -0.1) is 0 Å². The molecule has 0 amide bonds. The summed E-state index contributed by atoms with van der Waals surface area (Å²) in [5.41, 5.74) is 0. The van der Waals surface area contributed by atoms with Gasteiger partial charge in [0, 0.05) is 49.6 Å². The summed E-state index contributed by atoms with van der Waals surface area (Å²) in [6, 6.07) is 1.99. The molecule has 5 nitrogen and oxygen atoms in total. The van der Waals surface area contributed by atoms with Crippen molar-refractivity contribution in [1.82, 2.24) is 15.0 Å². The molecular weight excluding hydrogens is 284 g/mol. The standard InChI is InChI=1S/C15H20N4OS/c1-11(2)14-16-6-3-13(18-14)19-8-4-12(5-9-19)20-15-17-7-10-21-15/h3,6-7,10-12H,4-5,8-9H2,1-2H3. The van der Waals surface area contributed by atoms with Crippen molar-refractivity contribution in [2.75, 3.05) is 18.0 Å². The molecule has 0 spiro atoms. The lowest BCUT2D eigenvalue weighted by Gasteiger charge is -2.32. The van der Waals surface area contributed by atoms with E-state index >= 15 is 0 Å². The lowest BCUT2D eigenvalue weighted by Crippen LogP contribution is -2.38. The number of thiazole rings is 1. The molecule has 1 saturated heterocycles. The maximum atomic E-state index is 5.89. The fraction of sp³-hybridized carbons (Fsp3) is 0.533. The molecule has 6 heteroatoms. The molecule has 1 aliphatic heterocycles. The zero-order chi connectivity index (χ0) is 14.7.